The van der Waals surface area contributed by atoms with Crippen LogP contribution in [0.5, 0.6) is 0 Å². The van der Waals surface area contributed by atoms with E-state index in [0.29, 0.717) is 5.82 Å². The van der Waals surface area contributed by atoms with Gasteiger partial charge in [0, 0.05) is 19.0 Å². The Balaban J connectivity index is 2.87. The highest BCUT2D eigenvalue weighted by atomic mass is 31.2. The second-order valence-electron chi connectivity index (χ2n) is 8.38. The number of nitrogens with zero attached hydrogens (tertiary/aromatic N) is 2. The van der Waals surface area contributed by atoms with Crippen LogP contribution in [0, 0.1) is 0 Å². The second-order valence-corrected chi connectivity index (χ2v) is 11.1. The van der Waals surface area contributed by atoms with Crippen LogP contribution in [0.25, 0.3) is 0 Å². The van der Waals surface area contributed by atoms with Crippen molar-refractivity contribution >= 4 is 13.3 Å². The second kappa shape index (κ2) is 11.1. The van der Waals surface area contributed by atoms with Crippen LogP contribution in [0.15, 0.2) is 4.52 Å². The van der Waals surface area contributed by atoms with Crippen molar-refractivity contribution in [2.75, 3.05) is 13.3 Å². The molecular formula is C20H37N2O5P. The highest BCUT2D eigenvalue weighted by Gasteiger charge is 2.40. The minimum absolute atomic E-state index is 0.0399. The van der Waals surface area contributed by atoms with Crippen molar-refractivity contribution in [1.82, 2.24) is 10.1 Å². The van der Waals surface area contributed by atoms with E-state index in [1.165, 1.54) is 25.9 Å². The molecule has 28 heavy (non-hydrogen) atoms. The molecule has 0 aromatic carbocycles. The molecule has 0 fully saturated rings. The summed E-state index contributed by atoms with van der Waals surface area (Å²) in [6.07, 6.45) is 5.76. The molecule has 0 aliphatic heterocycles. The van der Waals surface area contributed by atoms with Gasteiger partial charge < -0.3 is 13.8 Å². The summed E-state index contributed by atoms with van der Waals surface area (Å²) in [5.41, 5.74) is -1.66. The van der Waals surface area contributed by atoms with Crippen LogP contribution in [0.4, 0.5) is 0 Å². The molecule has 0 N–H and O–H groups in total. The third-order valence-electron chi connectivity index (χ3n) is 4.41. The van der Waals surface area contributed by atoms with Gasteiger partial charge in [-0.3, -0.25) is 9.36 Å². The SMILES string of the molecule is CCCCCC[C@H](C)c1noc(CC(C(=O)OC(C)(C)C)P(C)(=O)OCC)n1. The Kier molecular flexibility index (Phi) is 9.85. The summed E-state index contributed by atoms with van der Waals surface area (Å²) in [6, 6.07) is 0. The van der Waals surface area contributed by atoms with Gasteiger partial charge in [-0.1, -0.05) is 44.7 Å². The summed E-state index contributed by atoms with van der Waals surface area (Å²) in [5.74, 6) is 0.513. The van der Waals surface area contributed by atoms with Gasteiger partial charge in [0.15, 0.2) is 5.82 Å². The Bertz CT molecular complexity index is 653. The summed E-state index contributed by atoms with van der Waals surface area (Å²) in [4.78, 5) is 17.1. The van der Waals surface area contributed by atoms with Crippen molar-refractivity contribution in [3.63, 3.8) is 0 Å². The van der Waals surface area contributed by atoms with Gasteiger partial charge in [-0.25, -0.2) is 0 Å². The molecule has 8 heteroatoms. The number of hydrogen-bond acceptors (Lipinski definition) is 7. The molecule has 0 saturated carbocycles. The lowest BCUT2D eigenvalue weighted by atomic mass is 10.0. The molecule has 162 valence electrons. The van der Waals surface area contributed by atoms with Crippen molar-refractivity contribution < 1.29 is 23.1 Å². The van der Waals surface area contributed by atoms with Crippen molar-refractivity contribution in [3.05, 3.63) is 11.7 Å². The minimum atomic E-state index is -3.25. The maximum absolute atomic E-state index is 13.0. The molecule has 0 spiro atoms. The first-order valence-corrected chi connectivity index (χ1v) is 12.4. The molecule has 1 heterocycles. The average molecular weight is 416 g/mol. The van der Waals surface area contributed by atoms with E-state index in [1.54, 1.807) is 27.7 Å². The molecule has 0 aliphatic carbocycles. The molecule has 0 saturated heterocycles. The topological polar surface area (TPSA) is 91.5 Å². The van der Waals surface area contributed by atoms with Gasteiger partial charge in [0.05, 0.1) is 6.61 Å². The van der Waals surface area contributed by atoms with E-state index in [0.717, 1.165) is 12.8 Å². The smallest absolute Gasteiger partial charge is 0.319 e. The number of hydrogen-bond donors (Lipinski definition) is 0. The predicted octanol–water partition coefficient (Wildman–Crippen LogP) is 5.34. The van der Waals surface area contributed by atoms with Crippen LogP contribution in [-0.4, -0.2) is 40.6 Å². The zero-order chi connectivity index (χ0) is 21.4. The molecule has 0 aliphatic rings. The highest BCUT2D eigenvalue weighted by Crippen LogP contribution is 2.50. The molecule has 0 radical (unpaired) electrons. The van der Waals surface area contributed by atoms with Gasteiger partial charge in [0.25, 0.3) is 0 Å². The maximum atomic E-state index is 13.0. The number of unbranched alkanes of at least 4 members (excludes halogenated alkanes) is 3. The summed E-state index contributed by atoms with van der Waals surface area (Å²) in [6.45, 7) is 13.0. The predicted molar refractivity (Wildman–Crippen MR) is 110 cm³/mol. The van der Waals surface area contributed by atoms with Crippen LogP contribution < -0.4 is 0 Å². The first-order valence-electron chi connectivity index (χ1n) is 10.3. The zero-order valence-corrected chi connectivity index (χ0v) is 19.4. The van der Waals surface area contributed by atoms with Crippen LogP contribution >= 0.6 is 7.37 Å². The Labute approximate surface area is 169 Å². The monoisotopic (exact) mass is 416 g/mol. The fraction of sp³-hybridized carbons (Fsp3) is 0.850. The van der Waals surface area contributed by atoms with Crippen LogP contribution in [0.2, 0.25) is 0 Å². The number of aromatic nitrogens is 2. The zero-order valence-electron chi connectivity index (χ0n) is 18.5. The molecule has 7 nitrogen and oxygen atoms in total. The number of rotatable bonds is 12. The third kappa shape index (κ3) is 8.44. The molecule has 1 aromatic heterocycles. The van der Waals surface area contributed by atoms with Gasteiger partial charge in [0.2, 0.25) is 13.3 Å². The van der Waals surface area contributed by atoms with E-state index < -0.39 is 24.6 Å². The number of esters is 1. The number of ether oxygens (including phenoxy) is 1. The average Bonchev–Trinajstić information content (AvgIpc) is 3.03. The van der Waals surface area contributed by atoms with Crippen molar-refractivity contribution in [2.24, 2.45) is 0 Å². The Morgan fingerprint density at radius 2 is 1.89 bits per heavy atom. The Morgan fingerprint density at radius 3 is 2.46 bits per heavy atom. The van der Waals surface area contributed by atoms with Crippen LogP contribution in [0.1, 0.15) is 91.3 Å². The highest BCUT2D eigenvalue weighted by molar-refractivity contribution is 7.60. The lowest BCUT2D eigenvalue weighted by molar-refractivity contribution is -0.154. The fourth-order valence-electron chi connectivity index (χ4n) is 2.88. The maximum Gasteiger partial charge on any atom is 0.319 e. The number of carbonyl (C=O) groups is 1. The minimum Gasteiger partial charge on any atom is -0.459 e. The van der Waals surface area contributed by atoms with Gasteiger partial charge in [-0.05, 0) is 34.1 Å². The summed E-state index contributed by atoms with van der Waals surface area (Å²) in [5, 5.41) is 4.06. The fourth-order valence-corrected chi connectivity index (χ4v) is 4.50. The quantitative estimate of drug-likeness (QED) is 0.258. The number of carbonyl (C=O) groups excluding carboxylic acids is 1. The van der Waals surface area contributed by atoms with Gasteiger partial charge in [-0.15, -0.1) is 0 Å². The molecule has 2 unspecified atom stereocenters. The lowest BCUT2D eigenvalue weighted by Gasteiger charge is -2.26. The summed E-state index contributed by atoms with van der Waals surface area (Å²) in [7, 11) is -3.25. The van der Waals surface area contributed by atoms with Crippen molar-refractivity contribution in [2.45, 2.75) is 97.2 Å². The van der Waals surface area contributed by atoms with E-state index in [-0.39, 0.29) is 24.8 Å². The standard InChI is InChI=1S/C20H37N2O5P/c1-8-10-11-12-13-15(3)18-21-17(27-22-18)14-16(28(7,24)25-9-2)19(23)26-20(4,5)6/h15-16H,8-14H2,1-7H3/t15-,16?,28?/m0/s1. The molecular weight excluding hydrogens is 379 g/mol. The van der Waals surface area contributed by atoms with Crippen molar-refractivity contribution in [1.29, 1.82) is 0 Å². The van der Waals surface area contributed by atoms with Crippen LogP contribution in [-0.2, 0) is 25.0 Å². The van der Waals surface area contributed by atoms with E-state index in [4.69, 9.17) is 13.8 Å². The van der Waals surface area contributed by atoms with Crippen molar-refractivity contribution in [3.8, 4) is 0 Å². The van der Waals surface area contributed by atoms with E-state index in [2.05, 4.69) is 24.0 Å². The van der Waals surface area contributed by atoms with E-state index in [9.17, 15) is 9.36 Å². The summed E-state index contributed by atoms with van der Waals surface area (Å²) >= 11 is 0. The largest absolute Gasteiger partial charge is 0.459 e. The van der Waals surface area contributed by atoms with Crippen LogP contribution in [0.3, 0.4) is 0 Å². The molecule has 1 aromatic rings. The normalized spacial score (nSPS) is 16.4. The molecule has 0 amide bonds. The first kappa shape index (κ1) is 24.8. The lowest BCUT2D eigenvalue weighted by Crippen LogP contribution is -2.33. The Morgan fingerprint density at radius 1 is 1.21 bits per heavy atom. The third-order valence-corrected chi connectivity index (χ3v) is 6.71. The molecule has 3 atom stereocenters. The van der Waals surface area contributed by atoms with Gasteiger partial charge >= 0.3 is 5.97 Å². The molecule has 1 rings (SSSR count). The molecule has 0 bridgehead atoms. The van der Waals surface area contributed by atoms with Gasteiger partial charge in [0.1, 0.15) is 11.3 Å². The van der Waals surface area contributed by atoms with E-state index >= 15 is 0 Å². The Hall–Kier alpha value is -1.20. The summed E-state index contributed by atoms with van der Waals surface area (Å²) < 4.78 is 29.2. The van der Waals surface area contributed by atoms with Gasteiger partial charge in [-0.2, -0.15) is 4.98 Å². The first-order chi connectivity index (χ1) is 13.0. The van der Waals surface area contributed by atoms with E-state index in [1.807, 2.05) is 0 Å².